The molecule has 0 aliphatic heterocycles. The largest absolute Gasteiger partial charge is 0.392 e. The highest BCUT2D eigenvalue weighted by Crippen LogP contribution is 2.14. The van der Waals surface area contributed by atoms with Crippen molar-refractivity contribution in [1.29, 1.82) is 0 Å². The molecule has 1 nitrogen and oxygen atoms in total. The Morgan fingerprint density at radius 1 is 0.800 bits per heavy atom. The number of rotatable bonds is 14. The van der Waals surface area contributed by atoms with E-state index in [0.717, 1.165) is 12.3 Å². The SMILES string of the molecule is CCCC/C=C/C(C)CCCCCCCC/C=C/CO. The van der Waals surface area contributed by atoms with Crippen molar-refractivity contribution in [2.24, 2.45) is 5.92 Å². The van der Waals surface area contributed by atoms with E-state index in [1.807, 2.05) is 6.08 Å². The van der Waals surface area contributed by atoms with E-state index in [4.69, 9.17) is 5.11 Å². The van der Waals surface area contributed by atoms with Gasteiger partial charge in [0, 0.05) is 0 Å². The van der Waals surface area contributed by atoms with Crippen LogP contribution in [0.1, 0.15) is 84.5 Å². The Kier molecular flexibility index (Phi) is 16.0. The van der Waals surface area contributed by atoms with Gasteiger partial charge in [0.25, 0.3) is 0 Å². The van der Waals surface area contributed by atoms with Gasteiger partial charge in [0.2, 0.25) is 0 Å². The smallest absolute Gasteiger partial charge is 0.0612 e. The van der Waals surface area contributed by atoms with Crippen LogP contribution in [-0.2, 0) is 0 Å². The van der Waals surface area contributed by atoms with Crippen molar-refractivity contribution in [3.63, 3.8) is 0 Å². The van der Waals surface area contributed by atoms with Crippen LogP contribution in [0.5, 0.6) is 0 Å². The van der Waals surface area contributed by atoms with E-state index in [0.29, 0.717) is 0 Å². The fourth-order valence-corrected chi connectivity index (χ4v) is 2.37. The van der Waals surface area contributed by atoms with Crippen molar-refractivity contribution in [2.75, 3.05) is 6.61 Å². The number of unbranched alkanes of at least 4 members (excludes halogenated alkanes) is 8. The molecule has 0 aliphatic rings. The average molecular weight is 280 g/mol. The summed E-state index contributed by atoms with van der Waals surface area (Å²) in [5, 5.41) is 8.60. The number of hydrogen-bond donors (Lipinski definition) is 1. The van der Waals surface area contributed by atoms with Gasteiger partial charge in [-0.3, -0.25) is 0 Å². The molecule has 0 bridgehead atoms. The summed E-state index contributed by atoms with van der Waals surface area (Å²) in [6.07, 6.45) is 23.2. The fraction of sp³-hybridized carbons (Fsp3) is 0.789. The van der Waals surface area contributed by atoms with Gasteiger partial charge in [-0.25, -0.2) is 0 Å². The maximum atomic E-state index is 8.60. The van der Waals surface area contributed by atoms with Crippen molar-refractivity contribution >= 4 is 0 Å². The lowest BCUT2D eigenvalue weighted by Gasteiger charge is -2.06. The highest BCUT2D eigenvalue weighted by atomic mass is 16.2. The first kappa shape index (κ1) is 19.4. The van der Waals surface area contributed by atoms with Crippen LogP contribution >= 0.6 is 0 Å². The molecule has 0 fully saturated rings. The van der Waals surface area contributed by atoms with Gasteiger partial charge in [-0.05, 0) is 31.6 Å². The Morgan fingerprint density at radius 2 is 1.45 bits per heavy atom. The molecule has 0 radical (unpaired) electrons. The molecule has 0 saturated carbocycles. The molecule has 1 heteroatoms. The summed E-state index contributed by atoms with van der Waals surface area (Å²) in [6.45, 7) is 4.78. The van der Waals surface area contributed by atoms with E-state index in [1.165, 1.54) is 64.2 Å². The maximum absolute atomic E-state index is 8.60. The molecular weight excluding hydrogens is 244 g/mol. The minimum atomic E-state index is 0.186. The molecule has 20 heavy (non-hydrogen) atoms. The average Bonchev–Trinajstić information content (AvgIpc) is 2.45. The molecule has 0 aliphatic carbocycles. The van der Waals surface area contributed by atoms with Crippen LogP contribution in [-0.4, -0.2) is 11.7 Å². The predicted octanol–water partition coefficient (Wildman–Crippen LogP) is 6.04. The Morgan fingerprint density at radius 3 is 2.15 bits per heavy atom. The quantitative estimate of drug-likeness (QED) is 0.304. The fourth-order valence-electron chi connectivity index (χ4n) is 2.37. The molecule has 0 aromatic heterocycles. The summed E-state index contributed by atoms with van der Waals surface area (Å²) in [5.74, 6) is 0.760. The van der Waals surface area contributed by atoms with Crippen molar-refractivity contribution in [3.8, 4) is 0 Å². The predicted molar refractivity (Wildman–Crippen MR) is 91.0 cm³/mol. The lowest BCUT2D eigenvalue weighted by molar-refractivity contribution is 0.342. The molecule has 0 amide bonds. The van der Waals surface area contributed by atoms with Gasteiger partial charge in [0.1, 0.15) is 0 Å². The molecule has 0 rings (SSSR count). The summed E-state index contributed by atoms with van der Waals surface area (Å²) in [7, 11) is 0. The van der Waals surface area contributed by atoms with Gasteiger partial charge < -0.3 is 5.11 Å². The Hall–Kier alpha value is -0.560. The van der Waals surface area contributed by atoms with Crippen LogP contribution in [0.4, 0.5) is 0 Å². The summed E-state index contributed by atoms with van der Waals surface area (Å²) in [6, 6.07) is 0. The molecule has 0 spiro atoms. The summed E-state index contributed by atoms with van der Waals surface area (Å²) in [5.41, 5.74) is 0. The van der Waals surface area contributed by atoms with Crippen LogP contribution < -0.4 is 0 Å². The van der Waals surface area contributed by atoms with Gasteiger partial charge >= 0.3 is 0 Å². The molecular formula is C19H36O. The molecule has 0 heterocycles. The second kappa shape index (κ2) is 16.5. The van der Waals surface area contributed by atoms with E-state index in [1.54, 1.807) is 0 Å². The molecule has 1 unspecified atom stereocenters. The van der Waals surface area contributed by atoms with Crippen LogP contribution in [0.3, 0.4) is 0 Å². The van der Waals surface area contributed by atoms with Crippen molar-refractivity contribution in [3.05, 3.63) is 24.3 Å². The van der Waals surface area contributed by atoms with E-state index in [9.17, 15) is 0 Å². The summed E-state index contributed by atoms with van der Waals surface area (Å²) in [4.78, 5) is 0. The first-order valence-corrected chi connectivity index (χ1v) is 8.73. The Labute approximate surface area is 127 Å². The van der Waals surface area contributed by atoms with Crippen LogP contribution in [0.2, 0.25) is 0 Å². The third kappa shape index (κ3) is 15.5. The normalized spacial score (nSPS) is 13.6. The lowest BCUT2D eigenvalue weighted by atomic mass is 10.0. The zero-order valence-electron chi connectivity index (χ0n) is 13.8. The molecule has 118 valence electrons. The third-order valence-corrected chi connectivity index (χ3v) is 3.74. The zero-order chi connectivity index (χ0) is 14.9. The molecule has 0 aromatic rings. The minimum Gasteiger partial charge on any atom is -0.392 e. The second-order valence-electron chi connectivity index (χ2n) is 5.90. The number of allylic oxidation sites excluding steroid dienone is 3. The van der Waals surface area contributed by atoms with Gasteiger partial charge in [0.15, 0.2) is 0 Å². The summed E-state index contributed by atoms with van der Waals surface area (Å²) < 4.78 is 0. The topological polar surface area (TPSA) is 20.2 Å². The van der Waals surface area contributed by atoms with E-state index < -0.39 is 0 Å². The van der Waals surface area contributed by atoms with Gasteiger partial charge in [-0.15, -0.1) is 0 Å². The van der Waals surface area contributed by atoms with E-state index in [-0.39, 0.29) is 6.61 Å². The van der Waals surface area contributed by atoms with Crippen molar-refractivity contribution in [2.45, 2.75) is 84.5 Å². The zero-order valence-corrected chi connectivity index (χ0v) is 13.8. The monoisotopic (exact) mass is 280 g/mol. The highest BCUT2D eigenvalue weighted by Gasteiger charge is 1.97. The molecule has 1 atom stereocenters. The standard InChI is InChI=1S/C19H36O/c1-3-4-5-13-16-19(2)17-14-11-9-7-6-8-10-12-15-18-20/h12-13,15-16,19-20H,3-11,14,17-18H2,1-2H3/b15-12+,16-13+. The van der Waals surface area contributed by atoms with Crippen LogP contribution in [0, 0.1) is 5.92 Å². The number of aliphatic hydroxyl groups is 1. The van der Waals surface area contributed by atoms with E-state index >= 15 is 0 Å². The van der Waals surface area contributed by atoms with Gasteiger partial charge in [-0.1, -0.05) is 83.1 Å². The third-order valence-electron chi connectivity index (χ3n) is 3.74. The lowest BCUT2D eigenvalue weighted by Crippen LogP contribution is -1.90. The van der Waals surface area contributed by atoms with Crippen molar-refractivity contribution < 1.29 is 5.11 Å². The Balaban J connectivity index is 3.22. The second-order valence-corrected chi connectivity index (χ2v) is 5.90. The van der Waals surface area contributed by atoms with Gasteiger partial charge in [0.05, 0.1) is 6.61 Å². The first-order valence-electron chi connectivity index (χ1n) is 8.73. The van der Waals surface area contributed by atoms with Gasteiger partial charge in [-0.2, -0.15) is 0 Å². The van der Waals surface area contributed by atoms with Crippen LogP contribution in [0.15, 0.2) is 24.3 Å². The van der Waals surface area contributed by atoms with Crippen LogP contribution in [0.25, 0.3) is 0 Å². The Bertz CT molecular complexity index is 230. The maximum Gasteiger partial charge on any atom is 0.0612 e. The van der Waals surface area contributed by atoms with E-state index in [2.05, 4.69) is 32.1 Å². The highest BCUT2D eigenvalue weighted by molar-refractivity contribution is 4.86. The molecule has 1 N–H and O–H groups in total. The molecule has 0 saturated heterocycles. The minimum absolute atomic E-state index is 0.186. The number of hydrogen-bond acceptors (Lipinski definition) is 1. The molecule has 0 aromatic carbocycles. The summed E-state index contributed by atoms with van der Waals surface area (Å²) >= 11 is 0. The number of aliphatic hydroxyl groups excluding tert-OH is 1. The first-order chi connectivity index (χ1) is 9.81. The van der Waals surface area contributed by atoms with Crippen molar-refractivity contribution in [1.82, 2.24) is 0 Å².